The Morgan fingerprint density at radius 3 is 2.18 bits per heavy atom. The molecule has 2 aliphatic heterocycles. The van der Waals surface area contributed by atoms with Gasteiger partial charge in [0, 0.05) is 70.4 Å². The van der Waals surface area contributed by atoms with Crippen molar-refractivity contribution in [2.45, 2.75) is 44.7 Å². The van der Waals surface area contributed by atoms with Crippen LogP contribution >= 0.6 is 0 Å². The van der Waals surface area contributed by atoms with E-state index in [1.54, 1.807) is 6.92 Å². The molecule has 2 fully saturated rings. The Kier molecular flexibility index (Phi) is 5.63. The SMILES string of the molecule is CC(=O)N[C@H]1CN(C(=O)c2ccc(N(C)C)cc2)C2(CCN(C(C)=O)CC2)C1. The summed E-state index contributed by atoms with van der Waals surface area (Å²) >= 11 is 0. The minimum absolute atomic E-state index is 0.00515. The number of likely N-dealkylation sites (tertiary alicyclic amines) is 2. The summed E-state index contributed by atoms with van der Waals surface area (Å²) in [5, 5.41) is 2.99. The van der Waals surface area contributed by atoms with Crippen molar-refractivity contribution in [1.82, 2.24) is 15.1 Å². The zero-order valence-corrected chi connectivity index (χ0v) is 17.2. The number of nitrogens with zero attached hydrogens (tertiary/aromatic N) is 3. The molecule has 7 heteroatoms. The van der Waals surface area contributed by atoms with Crippen LogP contribution in [0.15, 0.2) is 24.3 Å². The summed E-state index contributed by atoms with van der Waals surface area (Å²) in [6.07, 6.45) is 2.22. The summed E-state index contributed by atoms with van der Waals surface area (Å²) in [7, 11) is 3.93. The molecule has 2 aliphatic rings. The number of hydrogen-bond donors (Lipinski definition) is 1. The Labute approximate surface area is 166 Å². The van der Waals surface area contributed by atoms with E-state index < -0.39 is 0 Å². The first-order valence-corrected chi connectivity index (χ1v) is 9.84. The number of amides is 3. The predicted octanol–water partition coefficient (Wildman–Crippen LogP) is 1.48. The maximum absolute atomic E-state index is 13.4. The monoisotopic (exact) mass is 386 g/mol. The molecule has 7 nitrogen and oxygen atoms in total. The lowest BCUT2D eigenvalue weighted by Crippen LogP contribution is -2.54. The largest absolute Gasteiger partial charge is 0.378 e. The second kappa shape index (κ2) is 7.81. The van der Waals surface area contributed by atoms with Crippen LogP contribution in [0.1, 0.15) is 43.5 Å². The second-order valence-corrected chi connectivity index (χ2v) is 8.19. The molecule has 1 aromatic carbocycles. The molecule has 0 saturated carbocycles. The molecule has 0 aromatic heterocycles. The van der Waals surface area contributed by atoms with E-state index in [-0.39, 0.29) is 29.3 Å². The van der Waals surface area contributed by atoms with Crippen molar-refractivity contribution in [3.63, 3.8) is 0 Å². The van der Waals surface area contributed by atoms with Crippen molar-refractivity contribution in [2.24, 2.45) is 0 Å². The van der Waals surface area contributed by atoms with E-state index in [0.29, 0.717) is 25.2 Å². The molecular weight excluding hydrogens is 356 g/mol. The summed E-state index contributed by atoms with van der Waals surface area (Å²) in [6.45, 7) is 4.89. The van der Waals surface area contributed by atoms with Crippen LogP contribution < -0.4 is 10.2 Å². The Bertz CT molecular complexity index is 751. The van der Waals surface area contributed by atoms with E-state index >= 15 is 0 Å². The third-order valence-corrected chi connectivity index (χ3v) is 6.02. The highest BCUT2D eigenvalue weighted by atomic mass is 16.2. The van der Waals surface area contributed by atoms with Crippen molar-refractivity contribution in [1.29, 1.82) is 0 Å². The summed E-state index contributed by atoms with van der Waals surface area (Å²) in [5.41, 5.74) is 1.39. The van der Waals surface area contributed by atoms with Crippen LogP contribution in [0.2, 0.25) is 0 Å². The Balaban J connectivity index is 1.83. The van der Waals surface area contributed by atoms with Gasteiger partial charge in [-0.25, -0.2) is 0 Å². The van der Waals surface area contributed by atoms with E-state index in [4.69, 9.17) is 0 Å². The van der Waals surface area contributed by atoms with Gasteiger partial charge in [0.25, 0.3) is 5.91 Å². The number of piperidine rings is 1. The third-order valence-electron chi connectivity index (χ3n) is 6.02. The lowest BCUT2D eigenvalue weighted by atomic mass is 9.83. The van der Waals surface area contributed by atoms with Crippen LogP contribution in [0.5, 0.6) is 0 Å². The molecule has 0 bridgehead atoms. The summed E-state index contributed by atoms with van der Waals surface area (Å²) in [6, 6.07) is 7.56. The molecule has 2 heterocycles. The standard InChI is InChI=1S/C21H30N4O3/c1-15(26)22-18-13-21(9-11-24(12-10-21)16(2)27)25(14-18)20(28)17-5-7-19(8-6-17)23(3)4/h5-8,18H,9-14H2,1-4H3,(H,22,26)/t18-/m1/s1. The van der Waals surface area contributed by atoms with E-state index in [9.17, 15) is 14.4 Å². The first-order valence-electron chi connectivity index (χ1n) is 9.84. The molecule has 1 spiro atoms. The fraction of sp³-hybridized carbons (Fsp3) is 0.571. The van der Waals surface area contributed by atoms with Gasteiger partial charge in [0.15, 0.2) is 0 Å². The fourth-order valence-electron chi connectivity index (χ4n) is 4.50. The highest BCUT2D eigenvalue weighted by Gasteiger charge is 2.49. The molecule has 2 saturated heterocycles. The molecule has 0 aliphatic carbocycles. The van der Waals surface area contributed by atoms with Gasteiger partial charge < -0.3 is 20.0 Å². The summed E-state index contributed by atoms with van der Waals surface area (Å²) in [4.78, 5) is 42.5. The molecule has 0 radical (unpaired) electrons. The van der Waals surface area contributed by atoms with Gasteiger partial charge in [0.05, 0.1) is 0 Å². The zero-order chi connectivity index (χ0) is 20.5. The Morgan fingerprint density at radius 1 is 1.07 bits per heavy atom. The van der Waals surface area contributed by atoms with Gasteiger partial charge in [0.2, 0.25) is 11.8 Å². The number of rotatable bonds is 3. The van der Waals surface area contributed by atoms with E-state index in [0.717, 1.165) is 24.9 Å². The van der Waals surface area contributed by atoms with Crippen molar-refractivity contribution in [2.75, 3.05) is 38.6 Å². The van der Waals surface area contributed by atoms with Crippen molar-refractivity contribution in [3.05, 3.63) is 29.8 Å². The summed E-state index contributed by atoms with van der Waals surface area (Å²) < 4.78 is 0. The van der Waals surface area contributed by atoms with Gasteiger partial charge >= 0.3 is 0 Å². The normalized spacial score (nSPS) is 20.9. The van der Waals surface area contributed by atoms with Gasteiger partial charge in [-0.3, -0.25) is 14.4 Å². The maximum atomic E-state index is 13.4. The lowest BCUT2D eigenvalue weighted by molar-refractivity contribution is -0.131. The predicted molar refractivity (Wildman–Crippen MR) is 108 cm³/mol. The molecule has 1 atom stereocenters. The maximum Gasteiger partial charge on any atom is 0.254 e. The topological polar surface area (TPSA) is 73.0 Å². The van der Waals surface area contributed by atoms with Crippen LogP contribution in [-0.2, 0) is 9.59 Å². The number of hydrogen-bond acceptors (Lipinski definition) is 4. The minimum atomic E-state index is -0.309. The van der Waals surface area contributed by atoms with Crippen molar-refractivity contribution in [3.8, 4) is 0 Å². The molecule has 3 amide bonds. The van der Waals surface area contributed by atoms with Gasteiger partial charge in [-0.15, -0.1) is 0 Å². The van der Waals surface area contributed by atoms with Crippen molar-refractivity contribution < 1.29 is 14.4 Å². The average Bonchev–Trinajstić information content (AvgIpc) is 2.98. The molecular formula is C21H30N4O3. The lowest BCUT2D eigenvalue weighted by Gasteiger charge is -2.44. The van der Waals surface area contributed by atoms with Crippen molar-refractivity contribution >= 4 is 23.4 Å². The fourth-order valence-corrected chi connectivity index (χ4v) is 4.50. The van der Waals surface area contributed by atoms with E-state index in [1.165, 1.54) is 6.92 Å². The van der Waals surface area contributed by atoms with Crippen LogP contribution in [0.3, 0.4) is 0 Å². The first-order chi connectivity index (χ1) is 13.2. The smallest absolute Gasteiger partial charge is 0.254 e. The number of nitrogens with one attached hydrogen (secondary N) is 1. The Hall–Kier alpha value is -2.57. The van der Waals surface area contributed by atoms with Gasteiger partial charge in [-0.2, -0.15) is 0 Å². The molecule has 152 valence electrons. The van der Waals surface area contributed by atoms with Crippen LogP contribution in [-0.4, -0.2) is 72.8 Å². The number of benzene rings is 1. The third kappa shape index (κ3) is 3.98. The van der Waals surface area contributed by atoms with E-state index in [1.807, 2.05) is 53.1 Å². The summed E-state index contributed by atoms with van der Waals surface area (Å²) in [5.74, 6) is -0.0104. The van der Waals surface area contributed by atoms with Crippen LogP contribution in [0, 0.1) is 0 Å². The van der Waals surface area contributed by atoms with Crippen LogP contribution in [0.25, 0.3) is 0 Å². The number of carbonyl (C=O) groups excluding carboxylic acids is 3. The Morgan fingerprint density at radius 2 is 1.68 bits per heavy atom. The minimum Gasteiger partial charge on any atom is -0.378 e. The molecule has 1 N–H and O–H groups in total. The van der Waals surface area contributed by atoms with Gasteiger partial charge in [0.1, 0.15) is 0 Å². The van der Waals surface area contributed by atoms with Gasteiger partial charge in [-0.05, 0) is 43.5 Å². The first kappa shape index (κ1) is 20.2. The molecule has 1 aromatic rings. The molecule has 28 heavy (non-hydrogen) atoms. The quantitative estimate of drug-likeness (QED) is 0.854. The second-order valence-electron chi connectivity index (χ2n) is 8.19. The zero-order valence-electron chi connectivity index (χ0n) is 17.2. The van der Waals surface area contributed by atoms with Crippen LogP contribution in [0.4, 0.5) is 5.69 Å². The number of anilines is 1. The highest BCUT2D eigenvalue weighted by Crippen LogP contribution is 2.39. The average molecular weight is 386 g/mol. The van der Waals surface area contributed by atoms with Gasteiger partial charge in [-0.1, -0.05) is 0 Å². The highest BCUT2D eigenvalue weighted by molar-refractivity contribution is 5.95. The molecule has 3 rings (SSSR count). The van der Waals surface area contributed by atoms with E-state index in [2.05, 4.69) is 5.32 Å². The molecule has 0 unspecified atom stereocenters. The number of carbonyl (C=O) groups is 3.